The number of halogens is 1. The van der Waals surface area contributed by atoms with Crippen LogP contribution in [0.4, 0.5) is 10.5 Å². The number of carboxylic acid groups (broad SMARTS) is 1. The summed E-state index contributed by atoms with van der Waals surface area (Å²) in [6.45, 7) is 0. The van der Waals surface area contributed by atoms with E-state index in [1.54, 1.807) is 6.07 Å². The van der Waals surface area contributed by atoms with Crippen LogP contribution < -0.4 is 4.90 Å². The summed E-state index contributed by atoms with van der Waals surface area (Å²) in [6.07, 6.45) is 1.40. The molecule has 1 aliphatic heterocycles. The van der Waals surface area contributed by atoms with E-state index in [-0.39, 0.29) is 16.8 Å². The Kier molecular flexibility index (Phi) is 3.38. The molecule has 110 valence electrons. The molecule has 1 atom stereocenters. The van der Waals surface area contributed by atoms with Gasteiger partial charge < -0.3 is 5.11 Å². The molecule has 0 spiro atoms. The lowest BCUT2D eigenvalue weighted by Crippen LogP contribution is -2.35. The van der Waals surface area contributed by atoms with E-state index in [2.05, 4.69) is 4.98 Å². The molecule has 1 aliphatic rings. The highest BCUT2D eigenvalue weighted by molar-refractivity contribution is 6.32. The number of pyridine rings is 1. The third-order valence-electron chi connectivity index (χ3n) is 3.41. The van der Waals surface area contributed by atoms with E-state index < -0.39 is 23.7 Å². The summed E-state index contributed by atoms with van der Waals surface area (Å²) < 4.78 is 0. The first-order chi connectivity index (χ1) is 10.5. The molecule has 2 heterocycles. The van der Waals surface area contributed by atoms with Crippen LogP contribution >= 0.6 is 11.6 Å². The van der Waals surface area contributed by atoms with Crippen LogP contribution in [-0.2, 0) is 4.79 Å². The Morgan fingerprint density at radius 3 is 2.68 bits per heavy atom. The third-order valence-corrected chi connectivity index (χ3v) is 3.64. The van der Waals surface area contributed by atoms with E-state index in [0.717, 1.165) is 0 Å². The maximum absolute atomic E-state index is 12.6. The zero-order valence-corrected chi connectivity index (χ0v) is 11.8. The van der Waals surface area contributed by atoms with Gasteiger partial charge in [-0.15, -0.1) is 0 Å². The first kappa shape index (κ1) is 14.2. The van der Waals surface area contributed by atoms with Crippen molar-refractivity contribution in [2.24, 2.45) is 0 Å². The highest BCUT2D eigenvalue weighted by Crippen LogP contribution is 2.40. The quantitative estimate of drug-likeness (QED) is 0.680. The predicted octanol–water partition coefficient (Wildman–Crippen LogP) is 2.73. The monoisotopic (exact) mass is 316 g/mol. The van der Waals surface area contributed by atoms with Crippen molar-refractivity contribution in [3.8, 4) is 0 Å². The van der Waals surface area contributed by atoms with Crippen molar-refractivity contribution in [1.29, 1.82) is 0 Å². The number of benzene rings is 1. The molecule has 22 heavy (non-hydrogen) atoms. The molecule has 7 heteroatoms. The molecule has 1 N–H and O–H groups in total. The molecule has 0 saturated heterocycles. The van der Waals surface area contributed by atoms with Crippen molar-refractivity contribution in [3.05, 3.63) is 58.9 Å². The van der Waals surface area contributed by atoms with Crippen LogP contribution in [0.1, 0.15) is 21.8 Å². The largest absolute Gasteiger partial charge is 0.464 e. The van der Waals surface area contributed by atoms with Crippen molar-refractivity contribution < 1.29 is 19.5 Å². The van der Waals surface area contributed by atoms with Gasteiger partial charge in [-0.2, -0.15) is 0 Å². The molecule has 3 rings (SSSR count). The minimum Gasteiger partial charge on any atom is -0.464 e. The van der Waals surface area contributed by atoms with Gasteiger partial charge in [0.2, 0.25) is 0 Å². The Morgan fingerprint density at radius 2 is 2.05 bits per heavy atom. The Hall–Kier alpha value is -2.73. The highest BCUT2D eigenvalue weighted by atomic mass is 35.5. The topological polar surface area (TPSA) is 87.6 Å². The van der Waals surface area contributed by atoms with Crippen LogP contribution in [0, 0.1) is 0 Å². The summed E-state index contributed by atoms with van der Waals surface area (Å²) in [5.74, 6) is -2.54. The molecule has 1 aromatic heterocycles. The van der Waals surface area contributed by atoms with E-state index in [0.29, 0.717) is 9.92 Å². The molecule has 0 radical (unpaired) electrons. The van der Waals surface area contributed by atoms with Gasteiger partial charge in [-0.05, 0) is 35.9 Å². The van der Waals surface area contributed by atoms with Gasteiger partial charge in [-0.25, -0.2) is 9.69 Å². The maximum atomic E-state index is 12.6. The summed E-state index contributed by atoms with van der Waals surface area (Å²) in [4.78, 5) is 40.7. The first-order valence-corrected chi connectivity index (χ1v) is 6.69. The highest BCUT2D eigenvalue weighted by Gasteiger charge is 2.45. The summed E-state index contributed by atoms with van der Waals surface area (Å²) in [5.41, 5.74) is 0.678. The van der Waals surface area contributed by atoms with E-state index in [1.165, 1.54) is 36.7 Å². The zero-order chi connectivity index (χ0) is 15.9. The van der Waals surface area contributed by atoms with Crippen LogP contribution in [0.15, 0.2) is 42.7 Å². The van der Waals surface area contributed by atoms with Crippen molar-refractivity contribution in [2.45, 2.75) is 5.92 Å². The number of amides is 2. The third kappa shape index (κ3) is 2.14. The fourth-order valence-electron chi connectivity index (χ4n) is 2.47. The number of fused-ring (bicyclic) bond motifs is 1. The number of carbonyl (C=O) groups excluding carboxylic acids is 2. The fourth-order valence-corrected chi connectivity index (χ4v) is 2.65. The minimum atomic E-state index is -1.44. The number of carbonyl (C=O) groups is 3. The molecule has 0 saturated carbocycles. The van der Waals surface area contributed by atoms with E-state index in [4.69, 9.17) is 11.6 Å². The molecule has 6 nitrogen and oxygen atoms in total. The van der Waals surface area contributed by atoms with Gasteiger partial charge >= 0.3 is 6.09 Å². The first-order valence-electron chi connectivity index (χ1n) is 6.31. The van der Waals surface area contributed by atoms with Crippen molar-refractivity contribution in [3.63, 3.8) is 0 Å². The number of ketones is 1. The number of Topliss-reactive ketones (excluding diaryl/α,β-unsaturated/α-hetero) is 1. The number of imide groups is 1. The lowest BCUT2D eigenvalue weighted by atomic mass is 9.92. The van der Waals surface area contributed by atoms with Gasteiger partial charge in [0.1, 0.15) is 5.92 Å². The minimum absolute atomic E-state index is 0.157. The average Bonchev–Trinajstić information content (AvgIpc) is 2.78. The summed E-state index contributed by atoms with van der Waals surface area (Å²) >= 11 is 5.91. The normalized spacial score (nSPS) is 16.5. The van der Waals surface area contributed by atoms with Crippen molar-refractivity contribution in [2.75, 3.05) is 4.90 Å². The van der Waals surface area contributed by atoms with Crippen molar-refractivity contribution in [1.82, 2.24) is 4.98 Å². The maximum Gasteiger partial charge on any atom is 0.418 e. The molecule has 0 aliphatic carbocycles. The number of rotatable bonds is 2. The standard InChI is InChI=1S/C15H9ClN2O4/c16-9-3-4-11-10(6-9)12(14(20)18(11)15(21)22)13(19)8-2-1-5-17-7-8/h1-7,12H,(H,21,22). The van der Waals surface area contributed by atoms with Crippen molar-refractivity contribution >= 4 is 35.1 Å². The second kappa shape index (κ2) is 5.23. The Balaban J connectivity index is 2.13. The van der Waals surface area contributed by atoms with Gasteiger partial charge in [0.05, 0.1) is 5.69 Å². The molecule has 0 fully saturated rings. The average molecular weight is 317 g/mol. The van der Waals surface area contributed by atoms with Crippen LogP contribution in [0.2, 0.25) is 5.02 Å². The Labute approximate surface area is 130 Å². The van der Waals surface area contributed by atoms with Crippen LogP contribution in [-0.4, -0.2) is 27.9 Å². The molecule has 2 amide bonds. The number of aromatic nitrogens is 1. The lowest BCUT2D eigenvalue weighted by molar-refractivity contribution is -0.117. The SMILES string of the molecule is O=C(c1cccnc1)C1C(=O)N(C(=O)O)c2ccc(Cl)cc21. The number of hydrogen-bond acceptors (Lipinski definition) is 4. The van der Waals surface area contributed by atoms with Gasteiger partial charge in [0, 0.05) is 23.0 Å². The summed E-state index contributed by atoms with van der Waals surface area (Å²) in [7, 11) is 0. The second-order valence-corrected chi connectivity index (χ2v) is 5.13. The smallest absolute Gasteiger partial charge is 0.418 e. The Morgan fingerprint density at radius 1 is 1.27 bits per heavy atom. The number of nitrogens with zero attached hydrogens (tertiary/aromatic N) is 2. The second-order valence-electron chi connectivity index (χ2n) is 4.70. The predicted molar refractivity (Wildman–Crippen MR) is 78.3 cm³/mol. The van der Waals surface area contributed by atoms with Gasteiger partial charge in [-0.3, -0.25) is 14.6 Å². The molecular formula is C15H9ClN2O4. The lowest BCUT2D eigenvalue weighted by Gasteiger charge is -2.11. The zero-order valence-electron chi connectivity index (χ0n) is 11.1. The number of hydrogen-bond donors (Lipinski definition) is 1. The van der Waals surface area contributed by atoms with Gasteiger partial charge in [0.25, 0.3) is 5.91 Å². The molecular weight excluding hydrogens is 308 g/mol. The number of anilines is 1. The van der Waals surface area contributed by atoms with E-state index in [1.807, 2.05) is 0 Å². The Bertz CT molecular complexity index is 791. The van der Waals surface area contributed by atoms with Crippen LogP contribution in [0.3, 0.4) is 0 Å². The van der Waals surface area contributed by atoms with Crippen LogP contribution in [0.5, 0.6) is 0 Å². The molecule has 0 bridgehead atoms. The van der Waals surface area contributed by atoms with Gasteiger partial charge in [-0.1, -0.05) is 11.6 Å². The van der Waals surface area contributed by atoms with E-state index in [9.17, 15) is 19.5 Å². The summed E-state index contributed by atoms with van der Waals surface area (Å²) in [5, 5.41) is 9.54. The molecule has 1 unspecified atom stereocenters. The molecule has 2 aromatic rings. The van der Waals surface area contributed by atoms with E-state index >= 15 is 0 Å². The fraction of sp³-hybridized carbons (Fsp3) is 0.0667. The van der Waals surface area contributed by atoms with Gasteiger partial charge in [0.15, 0.2) is 5.78 Å². The summed E-state index contributed by atoms with van der Waals surface area (Å²) in [6, 6.07) is 7.42. The molecule has 1 aromatic carbocycles. The van der Waals surface area contributed by atoms with Crippen LogP contribution in [0.25, 0.3) is 0 Å².